The number of hydrogen-bond acceptors (Lipinski definition) is 1. The van der Waals surface area contributed by atoms with Crippen LogP contribution in [-0.4, -0.2) is 19.4 Å². The van der Waals surface area contributed by atoms with Gasteiger partial charge in [0, 0.05) is 5.30 Å². The van der Waals surface area contributed by atoms with E-state index >= 15 is 0 Å². The summed E-state index contributed by atoms with van der Waals surface area (Å²) in [5.74, 6) is 1.11. The molecule has 23 heavy (non-hydrogen) atoms. The van der Waals surface area contributed by atoms with Gasteiger partial charge in [0.25, 0.3) is 0 Å². The average Bonchev–Trinajstić information content (AvgIpc) is 2.59. The minimum Gasteiger partial charge on any atom is -0.496 e. The minimum atomic E-state index is -0.0491. The number of benzene rings is 1. The Morgan fingerprint density at radius 1 is 0.739 bits per heavy atom. The van der Waals surface area contributed by atoms with Crippen LogP contribution in [0.2, 0.25) is 0 Å². The van der Waals surface area contributed by atoms with Crippen molar-refractivity contribution < 1.29 is 4.74 Å². The van der Waals surface area contributed by atoms with Gasteiger partial charge in [-0.15, -0.1) is 0 Å². The lowest BCUT2D eigenvalue weighted by atomic mass is 10.2. The van der Waals surface area contributed by atoms with Crippen molar-refractivity contribution in [1.82, 2.24) is 0 Å². The van der Waals surface area contributed by atoms with Crippen molar-refractivity contribution in [2.24, 2.45) is 0 Å². The lowest BCUT2D eigenvalue weighted by Crippen LogP contribution is -2.10. The van der Waals surface area contributed by atoms with E-state index in [9.17, 15) is 0 Å². The van der Waals surface area contributed by atoms with Crippen molar-refractivity contribution >= 4 is 13.2 Å². The van der Waals surface area contributed by atoms with E-state index in [0.29, 0.717) is 0 Å². The number of hydrogen-bond donors (Lipinski definition) is 0. The van der Waals surface area contributed by atoms with Crippen molar-refractivity contribution in [2.75, 3.05) is 19.4 Å². The Morgan fingerprint density at radius 2 is 1.26 bits per heavy atom. The molecule has 0 saturated heterocycles. The molecule has 0 aromatic heterocycles. The standard InChI is InChI=1S/C21H37OP/c1-4-6-8-10-14-18-23(19-15-11-9-7-5-2)21-17-13-12-16-20(21)22-3/h12-13,16-17H,4-11,14-15,18-19H2,1-3H3. The fourth-order valence-electron chi connectivity index (χ4n) is 3.06. The highest BCUT2D eigenvalue weighted by Gasteiger charge is 2.14. The molecule has 0 N–H and O–H groups in total. The van der Waals surface area contributed by atoms with Crippen molar-refractivity contribution in [2.45, 2.75) is 78.1 Å². The van der Waals surface area contributed by atoms with Crippen LogP contribution in [0.5, 0.6) is 5.75 Å². The molecule has 0 unspecified atom stereocenters. The lowest BCUT2D eigenvalue weighted by molar-refractivity contribution is 0.418. The molecule has 0 fully saturated rings. The lowest BCUT2D eigenvalue weighted by Gasteiger charge is -2.20. The predicted octanol–water partition coefficient (Wildman–Crippen LogP) is 6.74. The molecule has 0 saturated carbocycles. The zero-order chi connectivity index (χ0) is 16.8. The van der Waals surface area contributed by atoms with Gasteiger partial charge in [0.05, 0.1) is 7.11 Å². The minimum absolute atomic E-state index is 0.0491. The molecule has 1 nitrogen and oxygen atoms in total. The Morgan fingerprint density at radius 3 is 1.78 bits per heavy atom. The van der Waals surface area contributed by atoms with Gasteiger partial charge >= 0.3 is 0 Å². The first-order valence-electron chi connectivity index (χ1n) is 9.71. The van der Waals surface area contributed by atoms with Crippen molar-refractivity contribution in [3.05, 3.63) is 24.3 Å². The largest absolute Gasteiger partial charge is 0.496 e. The number of rotatable bonds is 14. The Balaban J connectivity index is 2.53. The van der Waals surface area contributed by atoms with Gasteiger partial charge in [-0.25, -0.2) is 0 Å². The maximum atomic E-state index is 5.63. The molecule has 132 valence electrons. The topological polar surface area (TPSA) is 9.23 Å². The quantitative estimate of drug-likeness (QED) is 0.270. The third-order valence-corrected chi connectivity index (χ3v) is 7.25. The summed E-state index contributed by atoms with van der Waals surface area (Å²) in [6, 6.07) is 8.72. The van der Waals surface area contributed by atoms with Crippen molar-refractivity contribution in [3.8, 4) is 5.75 Å². The summed E-state index contributed by atoms with van der Waals surface area (Å²) in [7, 11) is 1.77. The molecule has 0 heterocycles. The Labute approximate surface area is 146 Å². The van der Waals surface area contributed by atoms with Gasteiger partial charge in [0.1, 0.15) is 5.75 Å². The molecular weight excluding hydrogens is 299 g/mol. The summed E-state index contributed by atoms with van der Waals surface area (Å²) in [4.78, 5) is 0. The van der Waals surface area contributed by atoms with Gasteiger partial charge in [-0.3, -0.25) is 0 Å². The van der Waals surface area contributed by atoms with Crippen LogP contribution >= 0.6 is 7.92 Å². The van der Waals surface area contributed by atoms with Crippen LogP contribution in [0.15, 0.2) is 24.3 Å². The summed E-state index contributed by atoms with van der Waals surface area (Å²) < 4.78 is 5.63. The van der Waals surface area contributed by atoms with Crippen LogP contribution < -0.4 is 10.0 Å². The highest BCUT2D eigenvalue weighted by Crippen LogP contribution is 2.40. The van der Waals surface area contributed by atoms with Gasteiger partial charge in [-0.2, -0.15) is 0 Å². The Bertz CT molecular complexity index is 377. The van der Waals surface area contributed by atoms with E-state index in [-0.39, 0.29) is 7.92 Å². The van der Waals surface area contributed by atoms with Crippen LogP contribution in [0.1, 0.15) is 78.1 Å². The maximum absolute atomic E-state index is 5.63. The van der Waals surface area contributed by atoms with Crippen LogP contribution in [0.25, 0.3) is 0 Å². The summed E-state index contributed by atoms with van der Waals surface area (Å²) in [5, 5.41) is 1.50. The Hall–Kier alpha value is -0.550. The predicted molar refractivity (Wildman–Crippen MR) is 107 cm³/mol. The summed E-state index contributed by atoms with van der Waals surface area (Å²) in [6.07, 6.45) is 16.6. The van der Waals surface area contributed by atoms with Gasteiger partial charge < -0.3 is 4.74 Å². The number of methoxy groups -OCH3 is 1. The SMILES string of the molecule is CCCCCCCP(CCCCCCC)c1ccccc1OC. The van der Waals surface area contributed by atoms with Crippen molar-refractivity contribution in [3.63, 3.8) is 0 Å². The molecule has 0 aliphatic carbocycles. The second-order valence-corrected chi connectivity index (χ2v) is 8.94. The molecule has 2 heteroatoms. The smallest absolute Gasteiger partial charge is 0.126 e. The van der Waals surface area contributed by atoms with Crippen LogP contribution in [-0.2, 0) is 0 Å². The first kappa shape index (κ1) is 20.5. The maximum Gasteiger partial charge on any atom is 0.126 e. The first-order valence-corrected chi connectivity index (χ1v) is 11.4. The van der Waals surface area contributed by atoms with Crippen molar-refractivity contribution in [1.29, 1.82) is 0 Å². The average molecular weight is 336 g/mol. The third kappa shape index (κ3) is 8.75. The molecule has 0 radical (unpaired) electrons. The monoisotopic (exact) mass is 336 g/mol. The normalized spacial score (nSPS) is 11.1. The van der Waals surface area contributed by atoms with E-state index in [1.165, 1.54) is 81.8 Å². The number of ether oxygens (including phenoxy) is 1. The molecule has 0 bridgehead atoms. The molecule has 0 atom stereocenters. The van der Waals surface area contributed by atoms with Gasteiger partial charge in [-0.05, 0) is 31.2 Å². The number of unbranched alkanes of at least 4 members (excludes halogenated alkanes) is 8. The molecule has 0 aliphatic heterocycles. The second kappa shape index (κ2) is 13.8. The fourth-order valence-corrected chi connectivity index (χ4v) is 5.75. The summed E-state index contributed by atoms with van der Waals surface area (Å²) in [5.41, 5.74) is 0. The van der Waals surface area contributed by atoms with Gasteiger partial charge in [-0.1, -0.05) is 91.3 Å². The van der Waals surface area contributed by atoms with Gasteiger partial charge in [0.2, 0.25) is 0 Å². The molecular formula is C21H37OP. The zero-order valence-corrected chi connectivity index (χ0v) is 16.5. The third-order valence-electron chi connectivity index (χ3n) is 4.49. The molecule has 0 amide bonds. The van der Waals surface area contributed by atoms with E-state index in [1.54, 1.807) is 0 Å². The molecule has 1 aromatic carbocycles. The highest BCUT2D eigenvalue weighted by atomic mass is 31.1. The highest BCUT2D eigenvalue weighted by molar-refractivity contribution is 7.65. The molecule has 0 aliphatic rings. The zero-order valence-electron chi connectivity index (χ0n) is 15.7. The van der Waals surface area contributed by atoms with E-state index in [2.05, 4.69) is 38.1 Å². The van der Waals surface area contributed by atoms with Crippen LogP contribution in [0, 0.1) is 0 Å². The second-order valence-electron chi connectivity index (χ2n) is 6.49. The summed E-state index contributed by atoms with van der Waals surface area (Å²) in [6.45, 7) is 4.58. The fraction of sp³-hybridized carbons (Fsp3) is 0.714. The molecule has 0 spiro atoms. The molecule has 1 aromatic rings. The van der Waals surface area contributed by atoms with Gasteiger partial charge in [0.15, 0.2) is 0 Å². The van der Waals surface area contributed by atoms with Crippen LogP contribution in [0.4, 0.5) is 0 Å². The van der Waals surface area contributed by atoms with Crippen LogP contribution in [0.3, 0.4) is 0 Å². The van der Waals surface area contributed by atoms with E-state index in [1.807, 2.05) is 7.11 Å². The summed E-state index contributed by atoms with van der Waals surface area (Å²) >= 11 is 0. The molecule has 1 rings (SSSR count). The van der Waals surface area contributed by atoms with E-state index in [0.717, 1.165) is 5.75 Å². The Kier molecular flexibility index (Phi) is 12.3. The number of para-hydroxylation sites is 1. The van der Waals surface area contributed by atoms with E-state index < -0.39 is 0 Å². The van der Waals surface area contributed by atoms with E-state index in [4.69, 9.17) is 4.74 Å². The first-order chi connectivity index (χ1) is 11.3.